The summed E-state index contributed by atoms with van der Waals surface area (Å²) in [5.74, 6) is -0.0934. The van der Waals surface area contributed by atoms with Gasteiger partial charge in [-0.2, -0.15) is 0 Å². The summed E-state index contributed by atoms with van der Waals surface area (Å²) in [5, 5.41) is 6.40. The quantitative estimate of drug-likeness (QED) is 0.543. The normalized spacial score (nSPS) is 15.3. The van der Waals surface area contributed by atoms with Crippen LogP contribution in [0, 0.1) is 0 Å². The first kappa shape index (κ1) is 22.8. The van der Waals surface area contributed by atoms with Crippen LogP contribution in [-0.4, -0.2) is 68.6 Å². The Labute approximate surface area is 184 Å². The minimum Gasteiger partial charge on any atom is -0.382 e. The molecule has 0 aliphatic carbocycles. The molecule has 3 rings (SSSR count). The number of carbonyl (C=O) groups is 2. The third-order valence-corrected chi connectivity index (χ3v) is 5.22. The molecule has 0 unspecified atom stereocenters. The standard InChI is InChI=1S/C24H32N4O3/c1-4-31-16-8-14-28-22(20-11-5-6-12-21(20)24(28)30)26-19-10-7-9-18(17-19)23(29)25-13-15-27(2)3/h5-7,9-12,17,22,26H,4,8,13-16H2,1-3H3,(H,25,29)/t22-/m1/s1. The zero-order chi connectivity index (χ0) is 22.2. The molecule has 2 aromatic rings. The Morgan fingerprint density at radius 2 is 1.97 bits per heavy atom. The molecule has 1 aliphatic rings. The molecular weight excluding hydrogens is 392 g/mol. The van der Waals surface area contributed by atoms with E-state index in [1.807, 2.05) is 73.3 Å². The van der Waals surface area contributed by atoms with Crippen LogP contribution in [-0.2, 0) is 4.74 Å². The molecule has 0 bridgehead atoms. The number of rotatable bonds is 11. The zero-order valence-electron chi connectivity index (χ0n) is 18.6. The van der Waals surface area contributed by atoms with E-state index in [-0.39, 0.29) is 18.0 Å². The summed E-state index contributed by atoms with van der Waals surface area (Å²) in [6.07, 6.45) is 0.484. The van der Waals surface area contributed by atoms with Gasteiger partial charge in [0.05, 0.1) is 0 Å². The SMILES string of the molecule is CCOCCCN1C(=O)c2ccccc2[C@@H]1Nc1cccc(C(=O)NCCN(C)C)c1. The summed E-state index contributed by atoms with van der Waals surface area (Å²) in [5.41, 5.74) is 3.05. The lowest BCUT2D eigenvalue weighted by atomic mass is 10.1. The summed E-state index contributed by atoms with van der Waals surface area (Å²) in [7, 11) is 3.94. The van der Waals surface area contributed by atoms with Crippen LogP contribution < -0.4 is 10.6 Å². The molecular formula is C24H32N4O3. The Morgan fingerprint density at radius 1 is 1.16 bits per heavy atom. The number of nitrogens with one attached hydrogen (secondary N) is 2. The van der Waals surface area contributed by atoms with Crippen LogP contribution in [0.1, 0.15) is 45.8 Å². The first-order valence-electron chi connectivity index (χ1n) is 10.8. The van der Waals surface area contributed by atoms with E-state index in [0.717, 1.165) is 24.2 Å². The second kappa shape index (κ2) is 10.9. The molecule has 0 saturated carbocycles. The highest BCUT2D eigenvalue weighted by atomic mass is 16.5. The molecule has 0 radical (unpaired) electrons. The Bertz CT molecular complexity index is 900. The van der Waals surface area contributed by atoms with Crippen molar-refractivity contribution in [3.63, 3.8) is 0 Å². The molecule has 0 fully saturated rings. The lowest BCUT2D eigenvalue weighted by molar-refractivity contribution is 0.0708. The Hall–Kier alpha value is -2.90. The minimum absolute atomic E-state index is 0.0159. The molecule has 2 aromatic carbocycles. The van der Waals surface area contributed by atoms with Gasteiger partial charge in [0.2, 0.25) is 0 Å². The van der Waals surface area contributed by atoms with Gasteiger partial charge in [-0.3, -0.25) is 9.59 Å². The summed E-state index contributed by atoms with van der Waals surface area (Å²) >= 11 is 0. The van der Waals surface area contributed by atoms with Gasteiger partial charge in [0.1, 0.15) is 6.17 Å². The zero-order valence-corrected chi connectivity index (χ0v) is 18.6. The Morgan fingerprint density at radius 3 is 2.74 bits per heavy atom. The van der Waals surface area contributed by atoms with Gasteiger partial charge in [-0.25, -0.2) is 0 Å². The minimum atomic E-state index is -0.280. The van der Waals surface area contributed by atoms with Gasteiger partial charge >= 0.3 is 0 Å². The summed E-state index contributed by atoms with van der Waals surface area (Å²) in [6, 6.07) is 15.1. The van der Waals surface area contributed by atoms with Crippen LogP contribution in [0.15, 0.2) is 48.5 Å². The number of likely N-dealkylation sites (N-methyl/N-ethyl adjacent to an activating group) is 1. The molecule has 31 heavy (non-hydrogen) atoms. The van der Waals surface area contributed by atoms with Crippen LogP contribution in [0.25, 0.3) is 0 Å². The average Bonchev–Trinajstić information content (AvgIpc) is 3.02. The van der Waals surface area contributed by atoms with Crippen molar-refractivity contribution in [1.82, 2.24) is 15.1 Å². The maximum Gasteiger partial charge on any atom is 0.256 e. The second-order valence-corrected chi connectivity index (χ2v) is 7.82. The van der Waals surface area contributed by atoms with Crippen LogP contribution in [0.3, 0.4) is 0 Å². The maximum absolute atomic E-state index is 13.0. The van der Waals surface area contributed by atoms with Crippen LogP contribution in [0.2, 0.25) is 0 Å². The molecule has 7 heteroatoms. The van der Waals surface area contributed by atoms with E-state index in [0.29, 0.717) is 37.4 Å². The van der Waals surface area contributed by atoms with Gasteiger partial charge in [0.15, 0.2) is 0 Å². The van der Waals surface area contributed by atoms with Gasteiger partial charge in [-0.05, 0) is 51.7 Å². The van der Waals surface area contributed by atoms with Gasteiger partial charge < -0.3 is 25.2 Å². The highest BCUT2D eigenvalue weighted by Crippen LogP contribution is 2.34. The van der Waals surface area contributed by atoms with Crippen molar-refractivity contribution in [1.29, 1.82) is 0 Å². The highest BCUT2D eigenvalue weighted by molar-refractivity contribution is 5.99. The van der Waals surface area contributed by atoms with Crippen molar-refractivity contribution in [2.45, 2.75) is 19.5 Å². The summed E-state index contributed by atoms with van der Waals surface area (Å²) < 4.78 is 5.44. The molecule has 7 nitrogen and oxygen atoms in total. The average molecular weight is 425 g/mol. The number of hydrogen-bond acceptors (Lipinski definition) is 5. The second-order valence-electron chi connectivity index (χ2n) is 7.82. The molecule has 1 atom stereocenters. The van der Waals surface area contributed by atoms with Crippen molar-refractivity contribution >= 4 is 17.5 Å². The number of benzene rings is 2. The predicted octanol–water partition coefficient (Wildman–Crippen LogP) is 2.97. The third-order valence-electron chi connectivity index (χ3n) is 5.22. The summed E-state index contributed by atoms with van der Waals surface area (Å²) in [6.45, 7) is 5.20. The van der Waals surface area contributed by atoms with Crippen molar-refractivity contribution in [3.8, 4) is 0 Å². The summed E-state index contributed by atoms with van der Waals surface area (Å²) in [4.78, 5) is 29.3. The number of nitrogens with zero attached hydrogens (tertiary/aromatic N) is 2. The number of carbonyl (C=O) groups excluding carboxylic acids is 2. The molecule has 2 N–H and O–H groups in total. The molecule has 0 saturated heterocycles. The van der Waals surface area contributed by atoms with Gasteiger partial charge in [0.25, 0.3) is 11.8 Å². The van der Waals surface area contributed by atoms with E-state index >= 15 is 0 Å². The lowest BCUT2D eigenvalue weighted by Gasteiger charge is -2.27. The van der Waals surface area contributed by atoms with Crippen molar-refractivity contribution < 1.29 is 14.3 Å². The fourth-order valence-electron chi connectivity index (χ4n) is 3.64. The number of ether oxygens (including phenoxy) is 1. The van der Waals surface area contributed by atoms with E-state index in [1.54, 1.807) is 6.07 Å². The number of anilines is 1. The van der Waals surface area contributed by atoms with E-state index in [2.05, 4.69) is 10.6 Å². The van der Waals surface area contributed by atoms with Gasteiger partial charge in [-0.1, -0.05) is 24.3 Å². The molecule has 0 aromatic heterocycles. The van der Waals surface area contributed by atoms with Crippen LogP contribution >= 0.6 is 0 Å². The maximum atomic E-state index is 13.0. The van der Waals surface area contributed by atoms with E-state index < -0.39 is 0 Å². The largest absolute Gasteiger partial charge is 0.382 e. The predicted molar refractivity (Wildman–Crippen MR) is 122 cm³/mol. The molecule has 0 spiro atoms. The third kappa shape index (κ3) is 5.83. The monoisotopic (exact) mass is 424 g/mol. The number of hydrogen-bond donors (Lipinski definition) is 2. The van der Waals surface area contributed by atoms with E-state index in [9.17, 15) is 9.59 Å². The van der Waals surface area contributed by atoms with Crippen molar-refractivity contribution in [2.24, 2.45) is 0 Å². The lowest BCUT2D eigenvalue weighted by Crippen LogP contribution is -2.34. The fraction of sp³-hybridized carbons (Fsp3) is 0.417. The molecule has 1 heterocycles. The van der Waals surface area contributed by atoms with Gasteiger partial charge in [0, 0.05) is 55.2 Å². The Kier molecular flexibility index (Phi) is 8.03. The van der Waals surface area contributed by atoms with Crippen LogP contribution in [0.4, 0.5) is 5.69 Å². The first-order chi connectivity index (χ1) is 15.0. The first-order valence-corrected chi connectivity index (χ1v) is 10.8. The van der Waals surface area contributed by atoms with Crippen LogP contribution in [0.5, 0.6) is 0 Å². The fourth-order valence-corrected chi connectivity index (χ4v) is 3.64. The van der Waals surface area contributed by atoms with Gasteiger partial charge in [-0.15, -0.1) is 0 Å². The van der Waals surface area contributed by atoms with E-state index in [4.69, 9.17) is 4.74 Å². The van der Waals surface area contributed by atoms with Crippen molar-refractivity contribution in [2.75, 3.05) is 52.3 Å². The molecule has 2 amide bonds. The number of amides is 2. The smallest absolute Gasteiger partial charge is 0.256 e. The highest BCUT2D eigenvalue weighted by Gasteiger charge is 2.36. The molecule has 1 aliphatic heterocycles. The van der Waals surface area contributed by atoms with E-state index in [1.165, 1.54) is 0 Å². The number of fused-ring (bicyclic) bond motifs is 1. The topological polar surface area (TPSA) is 73.9 Å². The Balaban J connectivity index is 1.74. The molecule has 166 valence electrons. The van der Waals surface area contributed by atoms with Crippen molar-refractivity contribution in [3.05, 3.63) is 65.2 Å².